The van der Waals surface area contributed by atoms with Crippen LogP contribution in [0.4, 0.5) is 5.95 Å². The van der Waals surface area contributed by atoms with E-state index in [1.54, 1.807) is 0 Å². The SMILES string of the molecule is C=CCNc1nc(C)cn1C1CN2CCC1CC2. The molecule has 0 saturated carbocycles. The van der Waals surface area contributed by atoms with Gasteiger partial charge in [0, 0.05) is 19.3 Å². The maximum absolute atomic E-state index is 4.59. The van der Waals surface area contributed by atoms with Crippen LogP contribution in [0.5, 0.6) is 0 Å². The van der Waals surface area contributed by atoms with Gasteiger partial charge in [-0.15, -0.1) is 6.58 Å². The zero-order chi connectivity index (χ0) is 12.5. The maximum Gasteiger partial charge on any atom is 0.203 e. The Labute approximate surface area is 109 Å². The third kappa shape index (κ3) is 2.05. The monoisotopic (exact) mass is 246 g/mol. The molecule has 4 rings (SSSR count). The molecule has 1 aromatic rings. The van der Waals surface area contributed by atoms with Gasteiger partial charge < -0.3 is 14.8 Å². The van der Waals surface area contributed by atoms with E-state index >= 15 is 0 Å². The van der Waals surface area contributed by atoms with Crippen molar-refractivity contribution in [3.8, 4) is 0 Å². The molecule has 3 saturated heterocycles. The van der Waals surface area contributed by atoms with E-state index in [0.29, 0.717) is 6.04 Å². The van der Waals surface area contributed by atoms with Crippen molar-refractivity contribution in [3.05, 3.63) is 24.5 Å². The molecule has 4 heterocycles. The number of aryl methyl sites for hydroxylation is 1. The number of hydrogen-bond acceptors (Lipinski definition) is 3. The number of anilines is 1. The number of fused-ring (bicyclic) bond motifs is 3. The third-order valence-corrected chi connectivity index (χ3v) is 4.24. The Morgan fingerprint density at radius 2 is 2.28 bits per heavy atom. The van der Waals surface area contributed by atoms with Crippen molar-refractivity contribution in [2.24, 2.45) is 5.92 Å². The summed E-state index contributed by atoms with van der Waals surface area (Å²) in [5.74, 6) is 1.83. The number of imidazole rings is 1. The number of piperidine rings is 3. The van der Waals surface area contributed by atoms with Crippen LogP contribution < -0.4 is 5.32 Å². The fraction of sp³-hybridized carbons (Fsp3) is 0.643. The van der Waals surface area contributed by atoms with E-state index in [9.17, 15) is 0 Å². The first-order valence-corrected chi connectivity index (χ1v) is 6.90. The molecule has 0 aromatic carbocycles. The minimum absolute atomic E-state index is 0.598. The Morgan fingerprint density at radius 1 is 1.50 bits per heavy atom. The van der Waals surface area contributed by atoms with E-state index in [2.05, 4.69) is 39.5 Å². The number of nitrogens with zero attached hydrogens (tertiary/aromatic N) is 3. The van der Waals surface area contributed by atoms with E-state index < -0.39 is 0 Å². The number of aromatic nitrogens is 2. The minimum atomic E-state index is 0.598. The molecule has 3 aliphatic rings. The summed E-state index contributed by atoms with van der Waals surface area (Å²) >= 11 is 0. The summed E-state index contributed by atoms with van der Waals surface area (Å²) in [7, 11) is 0. The van der Waals surface area contributed by atoms with Gasteiger partial charge in [0.25, 0.3) is 0 Å². The van der Waals surface area contributed by atoms with Gasteiger partial charge in [-0.25, -0.2) is 4.98 Å². The predicted octanol–water partition coefficient (Wildman–Crippen LogP) is 2.06. The van der Waals surface area contributed by atoms with E-state index in [1.165, 1.54) is 32.5 Å². The Balaban J connectivity index is 1.84. The second kappa shape index (κ2) is 4.76. The molecule has 0 radical (unpaired) electrons. The summed E-state index contributed by atoms with van der Waals surface area (Å²) in [6.07, 6.45) is 6.74. The van der Waals surface area contributed by atoms with Crippen molar-refractivity contribution >= 4 is 5.95 Å². The van der Waals surface area contributed by atoms with E-state index in [1.807, 2.05) is 6.08 Å². The fourth-order valence-corrected chi connectivity index (χ4v) is 3.31. The molecule has 4 nitrogen and oxygen atoms in total. The molecule has 1 unspecified atom stereocenters. The number of rotatable bonds is 4. The molecule has 2 bridgehead atoms. The van der Waals surface area contributed by atoms with E-state index in [4.69, 9.17) is 0 Å². The first-order chi connectivity index (χ1) is 8.78. The van der Waals surface area contributed by atoms with Gasteiger partial charge in [0.1, 0.15) is 0 Å². The molecule has 0 aliphatic carbocycles. The lowest BCUT2D eigenvalue weighted by Crippen LogP contribution is -2.48. The highest BCUT2D eigenvalue weighted by Crippen LogP contribution is 2.37. The second-order valence-corrected chi connectivity index (χ2v) is 5.49. The Hall–Kier alpha value is -1.29. The van der Waals surface area contributed by atoms with Crippen LogP contribution in [0.2, 0.25) is 0 Å². The van der Waals surface area contributed by atoms with Gasteiger partial charge in [-0.2, -0.15) is 0 Å². The number of nitrogens with one attached hydrogen (secondary N) is 1. The standard InChI is InChI=1S/C14H22N4/c1-3-6-15-14-16-11(2)9-18(14)13-10-17-7-4-12(13)5-8-17/h3,9,12-13H,1,4-8,10H2,2H3,(H,15,16). The Kier molecular flexibility index (Phi) is 3.12. The lowest BCUT2D eigenvalue weighted by atomic mass is 9.84. The lowest BCUT2D eigenvalue weighted by Gasteiger charge is -2.45. The van der Waals surface area contributed by atoms with Crippen molar-refractivity contribution in [1.82, 2.24) is 14.5 Å². The summed E-state index contributed by atoms with van der Waals surface area (Å²) in [5, 5.41) is 3.36. The van der Waals surface area contributed by atoms with Crippen LogP contribution in [0.3, 0.4) is 0 Å². The molecule has 98 valence electrons. The molecular weight excluding hydrogens is 224 g/mol. The van der Waals surface area contributed by atoms with Gasteiger partial charge in [0.05, 0.1) is 11.7 Å². The molecular formula is C14H22N4. The highest BCUT2D eigenvalue weighted by molar-refractivity contribution is 5.31. The van der Waals surface area contributed by atoms with Crippen LogP contribution in [-0.2, 0) is 0 Å². The first-order valence-electron chi connectivity index (χ1n) is 6.90. The van der Waals surface area contributed by atoms with Crippen molar-refractivity contribution in [1.29, 1.82) is 0 Å². The molecule has 0 spiro atoms. The van der Waals surface area contributed by atoms with Crippen molar-refractivity contribution in [3.63, 3.8) is 0 Å². The molecule has 0 amide bonds. The topological polar surface area (TPSA) is 33.1 Å². The molecule has 18 heavy (non-hydrogen) atoms. The van der Waals surface area contributed by atoms with Crippen LogP contribution in [0.15, 0.2) is 18.9 Å². The first kappa shape index (κ1) is 11.8. The average molecular weight is 246 g/mol. The fourth-order valence-electron chi connectivity index (χ4n) is 3.31. The normalized spacial score (nSPS) is 30.4. The molecule has 3 fully saturated rings. The average Bonchev–Trinajstić information content (AvgIpc) is 2.79. The van der Waals surface area contributed by atoms with Gasteiger partial charge in [0.2, 0.25) is 5.95 Å². The molecule has 4 heteroatoms. The second-order valence-electron chi connectivity index (χ2n) is 5.49. The zero-order valence-corrected chi connectivity index (χ0v) is 11.1. The van der Waals surface area contributed by atoms with Crippen LogP contribution >= 0.6 is 0 Å². The number of hydrogen-bond donors (Lipinski definition) is 1. The van der Waals surface area contributed by atoms with Crippen molar-refractivity contribution in [2.75, 3.05) is 31.5 Å². The molecule has 1 aromatic heterocycles. The van der Waals surface area contributed by atoms with Gasteiger partial charge in [-0.1, -0.05) is 6.08 Å². The predicted molar refractivity (Wildman–Crippen MR) is 73.9 cm³/mol. The summed E-state index contributed by atoms with van der Waals surface area (Å²) in [6.45, 7) is 10.3. The summed E-state index contributed by atoms with van der Waals surface area (Å²) < 4.78 is 2.36. The largest absolute Gasteiger partial charge is 0.352 e. The zero-order valence-electron chi connectivity index (χ0n) is 11.1. The summed E-state index contributed by atoms with van der Waals surface area (Å²) in [4.78, 5) is 7.17. The van der Waals surface area contributed by atoms with Crippen LogP contribution in [0.25, 0.3) is 0 Å². The smallest absolute Gasteiger partial charge is 0.203 e. The summed E-state index contributed by atoms with van der Waals surface area (Å²) in [5.41, 5.74) is 1.10. The third-order valence-electron chi connectivity index (χ3n) is 4.24. The van der Waals surface area contributed by atoms with Crippen molar-refractivity contribution in [2.45, 2.75) is 25.8 Å². The van der Waals surface area contributed by atoms with Gasteiger partial charge in [-0.05, 0) is 38.8 Å². The molecule has 3 aliphatic heterocycles. The molecule has 1 N–H and O–H groups in total. The Morgan fingerprint density at radius 3 is 2.89 bits per heavy atom. The Bertz CT molecular complexity index is 429. The summed E-state index contributed by atoms with van der Waals surface area (Å²) in [6, 6.07) is 0.598. The van der Waals surface area contributed by atoms with Gasteiger partial charge in [0.15, 0.2) is 0 Å². The van der Waals surface area contributed by atoms with Crippen LogP contribution in [0, 0.1) is 12.8 Å². The van der Waals surface area contributed by atoms with Crippen LogP contribution in [0.1, 0.15) is 24.6 Å². The lowest BCUT2D eigenvalue weighted by molar-refractivity contribution is 0.0579. The maximum atomic E-state index is 4.59. The molecule has 1 atom stereocenters. The van der Waals surface area contributed by atoms with E-state index in [0.717, 1.165) is 24.1 Å². The quantitative estimate of drug-likeness (QED) is 0.826. The highest BCUT2D eigenvalue weighted by Gasteiger charge is 2.36. The highest BCUT2D eigenvalue weighted by atomic mass is 15.3. The van der Waals surface area contributed by atoms with Gasteiger partial charge in [-0.3, -0.25) is 0 Å². The van der Waals surface area contributed by atoms with Crippen molar-refractivity contribution < 1.29 is 0 Å². The minimum Gasteiger partial charge on any atom is -0.352 e. The van der Waals surface area contributed by atoms with Gasteiger partial charge >= 0.3 is 0 Å². The van der Waals surface area contributed by atoms with Crippen LogP contribution in [-0.4, -0.2) is 40.6 Å². The van der Waals surface area contributed by atoms with E-state index in [-0.39, 0.29) is 0 Å².